The van der Waals surface area contributed by atoms with Gasteiger partial charge in [-0.1, -0.05) is 48.5 Å². The number of hydrogen-bond acceptors (Lipinski definition) is 3. The molecule has 0 aliphatic rings. The van der Waals surface area contributed by atoms with Crippen molar-refractivity contribution < 1.29 is 0 Å². The summed E-state index contributed by atoms with van der Waals surface area (Å²) in [7, 11) is 0. The minimum atomic E-state index is -0.0864. The fourth-order valence-corrected chi connectivity index (χ4v) is 3.65. The van der Waals surface area contributed by atoms with E-state index in [1.807, 2.05) is 24.3 Å². The number of para-hydroxylation sites is 1. The lowest BCUT2D eigenvalue weighted by Crippen LogP contribution is -2.12. The van der Waals surface area contributed by atoms with Crippen LogP contribution in [0.15, 0.2) is 66.2 Å². The van der Waals surface area contributed by atoms with Gasteiger partial charge in [0.15, 0.2) is 0 Å². The topological polar surface area (TPSA) is 54.7 Å². The molecule has 5 heteroatoms. The molecule has 2 aromatic heterocycles. The zero-order valence-electron chi connectivity index (χ0n) is 13.0. The number of fused-ring (bicyclic) bond motifs is 1. The minimum Gasteiger partial charge on any atom is -0.361 e. The summed E-state index contributed by atoms with van der Waals surface area (Å²) in [5, 5.41) is 4.30. The van der Waals surface area contributed by atoms with E-state index in [0.29, 0.717) is 0 Å². The van der Waals surface area contributed by atoms with Crippen LogP contribution in [0.3, 0.4) is 0 Å². The summed E-state index contributed by atoms with van der Waals surface area (Å²) in [5.74, 6) is 0. The molecule has 0 aliphatic carbocycles. The van der Waals surface area contributed by atoms with Crippen molar-refractivity contribution in [3.05, 3.63) is 76.7 Å². The Balaban J connectivity index is 0.00000169. The summed E-state index contributed by atoms with van der Waals surface area (Å²) >= 11 is 1.63. The molecular weight excluding hydrogens is 338 g/mol. The van der Waals surface area contributed by atoms with Gasteiger partial charge in [0, 0.05) is 28.0 Å². The quantitative estimate of drug-likeness (QED) is 0.543. The Labute approximate surface area is 151 Å². The van der Waals surface area contributed by atoms with Crippen LogP contribution in [0.4, 0.5) is 0 Å². The SMILES string of the molecule is Cl.N[C@H](Cc1c[nH]c2ccccc12)c1nc(-c2ccccc2)cs1. The molecule has 0 radical (unpaired) electrons. The molecule has 0 saturated carbocycles. The fourth-order valence-electron chi connectivity index (χ4n) is 2.82. The van der Waals surface area contributed by atoms with Crippen molar-refractivity contribution in [2.45, 2.75) is 12.5 Å². The van der Waals surface area contributed by atoms with Gasteiger partial charge >= 0.3 is 0 Å². The van der Waals surface area contributed by atoms with Crippen molar-refractivity contribution in [3.63, 3.8) is 0 Å². The standard InChI is InChI=1S/C19H17N3S.ClH/c20-16(10-14-11-21-17-9-5-4-8-15(14)17)19-22-18(12-23-19)13-6-2-1-3-7-13;/h1-9,11-12,16,21H,10,20H2;1H/t16-;/m1./s1. The van der Waals surface area contributed by atoms with Gasteiger partial charge < -0.3 is 10.7 Å². The summed E-state index contributed by atoms with van der Waals surface area (Å²) in [6, 6.07) is 18.4. The highest BCUT2D eigenvalue weighted by Gasteiger charge is 2.14. The number of nitrogens with two attached hydrogens (primary N) is 1. The van der Waals surface area contributed by atoms with Crippen LogP contribution in [0.1, 0.15) is 16.6 Å². The number of rotatable bonds is 4. The second-order valence-corrected chi connectivity index (χ2v) is 6.50. The molecule has 0 amide bonds. The van der Waals surface area contributed by atoms with Gasteiger partial charge in [-0.05, 0) is 18.1 Å². The van der Waals surface area contributed by atoms with E-state index in [1.54, 1.807) is 11.3 Å². The predicted octanol–water partition coefficient (Wildman–Crippen LogP) is 4.96. The van der Waals surface area contributed by atoms with Crippen molar-refractivity contribution in [2.75, 3.05) is 0 Å². The van der Waals surface area contributed by atoms with Crippen LogP contribution in [0.25, 0.3) is 22.2 Å². The highest BCUT2D eigenvalue weighted by Crippen LogP contribution is 2.28. The van der Waals surface area contributed by atoms with Crippen molar-refractivity contribution in [1.82, 2.24) is 9.97 Å². The van der Waals surface area contributed by atoms with E-state index in [-0.39, 0.29) is 18.4 Å². The molecule has 2 aromatic carbocycles. The normalized spacial score (nSPS) is 12.0. The summed E-state index contributed by atoms with van der Waals surface area (Å²) < 4.78 is 0. The Hall–Kier alpha value is -2.14. The molecule has 24 heavy (non-hydrogen) atoms. The number of aromatic nitrogens is 2. The Morgan fingerprint density at radius 2 is 1.79 bits per heavy atom. The van der Waals surface area contributed by atoms with E-state index in [2.05, 4.69) is 46.9 Å². The lowest BCUT2D eigenvalue weighted by molar-refractivity contribution is 0.719. The van der Waals surface area contributed by atoms with E-state index < -0.39 is 0 Å². The van der Waals surface area contributed by atoms with Gasteiger partial charge in [0.25, 0.3) is 0 Å². The highest BCUT2D eigenvalue weighted by atomic mass is 35.5. The minimum absolute atomic E-state index is 0. The summed E-state index contributed by atoms with van der Waals surface area (Å²) in [6.07, 6.45) is 2.84. The Bertz CT molecular complexity index is 930. The molecule has 122 valence electrons. The molecule has 0 spiro atoms. The van der Waals surface area contributed by atoms with Gasteiger partial charge in [0.05, 0.1) is 11.7 Å². The van der Waals surface area contributed by atoms with E-state index in [9.17, 15) is 0 Å². The summed E-state index contributed by atoms with van der Waals surface area (Å²) in [6.45, 7) is 0. The van der Waals surface area contributed by atoms with Crippen LogP contribution < -0.4 is 5.73 Å². The lowest BCUT2D eigenvalue weighted by atomic mass is 10.1. The molecule has 0 aliphatic heterocycles. The zero-order valence-corrected chi connectivity index (χ0v) is 14.6. The van der Waals surface area contributed by atoms with Crippen LogP contribution in [-0.2, 0) is 6.42 Å². The van der Waals surface area contributed by atoms with Crippen molar-refractivity contribution in [1.29, 1.82) is 0 Å². The average molecular weight is 356 g/mol. The van der Waals surface area contributed by atoms with Gasteiger partial charge in [-0.25, -0.2) is 4.98 Å². The van der Waals surface area contributed by atoms with Crippen LogP contribution in [0, 0.1) is 0 Å². The molecule has 0 unspecified atom stereocenters. The molecule has 4 aromatic rings. The molecular formula is C19H18ClN3S. The number of hydrogen-bond donors (Lipinski definition) is 2. The predicted molar refractivity (Wildman–Crippen MR) is 104 cm³/mol. The zero-order chi connectivity index (χ0) is 15.6. The molecule has 0 bridgehead atoms. The van der Waals surface area contributed by atoms with Gasteiger partial charge in [-0.15, -0.1) is 23.7 Å². The monoisotopic (exact) mass is 355 g/mol. The molecule has 1 atom stereocenters. The maximum absolute atomic E-state index is 6.40. The average Bonchev–Trinajstić information content (AvgIpc) is 3.24. The van der Waals surface area contributed by atoms with Crippen LogP contribution in [0.2, 0.25) is 0 Å². The lowest BCUT2D eigenvalue weighted by Gasteiger charge is -2.07. The third-order valence-corrected chi connectivity index (χ3v) is 5.00. The Kier molecular flexibility index (Phi) is 5.00. The van der Waals surface area contributed by atoms with Gasteiger partial charge in [-0.3, -0.25) is 0 Å². The first-order chi connectivity index (χ1) is 11.3. The second kappa shape index (κ2) is 7.18. The van der Waals surface area contributed by atoms with Gasteiger partial charge in [0.1, 0.15) is 5.01 Å². The first-order valence-electron chi connectivity index (χ1n) is 7.62. The molecule has 3 nitrogen and oxygen atoms in total. The van der Waals surface area contributed by atoms with Gasteiger partial charge in [-0.2, -0.15) is 0 Å². The number of nitrogens with zero attached hydrogens (tertiary/aromatic N) is 1. The van der Waals surface area contributed by atoms with Crippen LogP contribution >= 0.6 is 23.7 Å². The first kappa shape index (κ1) is 16.7. The Morgan fingerprint density at radius 1 is 1.04 bits per heavy atom. The number of benzene rings is 2. The highest BCUT2D eigenvalue weighted by molar-refractivity contribution is 7.10. The number of nitrogens with one attached hydrogen (secondary N) is 1. The maximum atomic E-state index is 6.40. The number of thiazole rings is 1. The molecule has 2 heterocycles. The van der Waals surface area contributed by atoms with E-state index in [4.69, 9.17) is 10.7 Å². The van der Waals surface area contributed by atoms with Gasteiger partial charge in [0.2, 0.25) is 0 Å². The fraction of sp³-hybridized carbons (Fsp3) is 0.105. The van der Waals surface area contributed by atoms with Crippen LogP contribution in [-0.4, -0.2) is 9.97 Å². The number of halogens is 1. The summed E-state index contributed by atoms with van der Waals surface area (Å²) in [5.41, 5.74) is 10.9. The first-order valence-corrected chi connectivity index (χ1v) is 8.50. The maximum Gasteiger partial charge on any atom is 0.110 e. The Morgan fingerprint density at radius 3 is 2.62 bits per heavy atom. The third-order valence-electron chi connectivity index (χ3n) is 4.02. The number of aromatic amines is 1. The van der Waals surface area contributed by atoms with Crippen molar-refractivity contribution in [2.24, 2.45) is 5.73 Å². The molecule has 3 N–H and O–H groups in total. The van der Waals surface area contributed by atoms with E-state index in [1.165, 1.54) is 10.9 Å². The summed E-state index contributed by atoms with van der Waals surface area (Å²) in [4.78, 5) is 8.03. The third kappa shape index (κ3) is 3.22. The number of H-pyrrole nitrogens is 1. The van der Waals surface area contributed by atoms with Crippen LogP contribution in [0.5, 0.6) is 0 Å². The van der Waals surface area contributed by atoms with E-state index >= 15 is 0 Å². The van der Waals surface area contributed by atoms with Crippen molar-refractivity contribution >= 4 is 34.6 Å². The smallest absolute Gasteiger partial charge is 0.110 e. The largest absolute Gasteiger partial charge is 0.361 e. The second-order valence-electron chi connectivity index (χ2n) is 5.61. The molecule has 0 saturated heterocycles. The molecule has 4 rings (SSSR count). The van der Waals surface area contributed by atoms with E-state index in [0.717, 1.165) is 28.2 Å². The van der Waals surface area contributed by atoms with Crippen molar-refractivity contribution in [3.8, 4) is 11.3 Å². The molecule has 0 fully saturated rings.